The lowest BCUT2D eigenvalue weighted by atomic mass is 9.77. The van der Waals surface area contributed by atoms with Crippen LogP contribution in [0.5, 0.6) is 0 Å². The normalized spacial score (nSPS) is 25.8. The van der Waals surface area contributed by atoms with Crippen LogP contribution in [0.4, 0.5) is 0 Å². The maximum Gasteiger partial charge on any atom is 0.308 e. The Kier molecular flexibility index (Phi) is 5.86. The Morgan fingerprint density at radius 3 is 2.38 bits per heavy atom. The van der Waals surface area contributed by atoms with Crippen molar-refractivity contribution in [3.05, 3.63) is 0 Å². The van der Waals surface area contributed by atoms with Gasteiger partial charge in [-0.3, -0.25) is 4.79 Å². The van der Waals surface area contributed by atoms with Crippen LogP contribution < -0.4 is 0 Å². The molecule has 0 atom stereocenters. The van der Waals surface area contributed by atoms with Gasteiger partial charge in [0.15, 0.2) is 0 Å². The summed E-state index contributed by atoms with van der Waals surface area (Å²) in [4.78, 5) is 11.7. The quantitative estimate of drug-likeness (QED) is 0.526. The van der Waals surface area contributed by atoms with E-state index in [2.05, 4.69) is 20.8 Å². The molecule has 0 aromatic carbocycles. The monoisotopic (exact) mass is 226 g/mol. The fourth-order valence-corrected chi connectivity index (χ4v) is 2.46. The van der Waals surface area contributed by atoms with Crippen molar-refractivity contribution in [1.82, 2.24) is 0 Å². The molecule has 0 aromatic rings. The number of hydrogen-bond donors (Lipinski definition) is 0. The Bertz CT molecular complexity index is 203. The van der Waals surface area contributed by atoms with E-state index in [4.69, 9.17) is 4.74 Å². The van der Waals surface area contributed by atoms with Crippen molar-refractivity contribution >= 4 is 5.97 Å². The lowest BCUT2D eigenvalue weighted by Crippen LogP contribution is -2.25. The molecule has 0 N–H and O–H groups in total. The van der Waals surface area contributed by atoms with E-state index in [0.717, 1.165) is 37.5 Å². The Balaban J connectivity index is 2.22. The van der Waals surface area contributed by atoms with Gasteiger partial charge in [0.25, 0.3) is 0 Å². The minimum atomic E-state index is 0.0515. The van der Waals surface area contributed by atoms with Gasteiger partial charge in [-0.25, -0.2) is 0 Å². The topological polar surface area (TPSA) is 26.3 Å². The molecule has 1 saturated carbocycles. The maximum absolute atomic E-state index is 11.7. The third-order valence-corrected chi connectivity index (χ3v) is 3.79. The van der Waals surface area contributed by atoms with Crippen LogP contribution in [0, 0.1) is 17.8 Å². The second kappa shape index (κ2) is 6.93. The van der Waals surface area contributed by atoms with Crippen molar-refractivity contribution in [2.45, 2.75) is 59.3 Å². The fourth-order valence-electron chi connectivity index (χ4n) is 2.46. The average Bonchev–Trinajstić information content (AvgIpc) is 2.29. The molecule has 0 unspecified atom stereocenters. The van der Waals surface area contributed by atoms with E-state index in [0.29, 0.717) is 6.61 Å². The third kappa shape index (κ3) is 4.15. The molecule has 1 aliphatic rings. The van der Waals surface area contributed by atoms with Crippen LogP contribution in [0.1, 0.15) is 59.3 Å². The molecule has 0 aromatic heterocycles. The van der Waals surface area contributed by atoms with Crippen LogP contribution in [-0.4, -0.2) is 12.6 Å². The number of hydrogen-bond acceptors (Lipinski definition) is 2. The van der Waals surface area contributed by atoms with Crippen molar-refractivity contribution < 1.29 is 9.53 Å². The first kappa shape index (κ1) is 13.5. The van der Waals surface area contributed by atoms with Gasteiger partial charge in [-0.2, -0.15) is 0 Å². The zero-order valence-electron chi connectivity index (χ0n) is 11.0. The summed E-state index contributed by atoms with van der Waals surface area (Å²) in [5.74, 6) is 1.82. The average molecular weight is 226 g/mol. The van der Waals surface area contributed by atoms with Crippen LogP contribution in [0.15, 0.2) is 0 Å². The van der Waals surface area contributed by atoms with Gasteiger partial charge in [0.1, 0.15) is 0 Å². The molecule has 1 fully saturated rings. The number of rotatable bonds is 5. The van der Waals surface area contributed by atoms with E-state index in [1.54, 1.807) is 0 Å². The van der Waals surface area contributed by atoms with Gasteiger partial charge in [0.2, 0.25) is 0 Å². The molecule has 0 aliphatic heterocycles. The molecule has 0 spiro atoms. The number of carbonyl (C=O) groups is 1. The standard InChI is InChI=1S/C14H26O2/c1-4-5-10-16-14(15)13-8-6-12(7-9-13)11(2)3/h11-13H,4-10H2,1-3H3/t12-,13+. The van der Waals surface area contributed by atoms with Crippen LogP contribution in [0.3, 0.4) is 0 Å². The lowest BCUT2D eigenvalue weighted by molar-refractivity contribution is -0.150. The van der Waals surface area contributed by atoms with Gasteiger partial charge in [-0.15, -0.1) is 0 Å². The summed E-state index contributed by atoms with van der Waals surface area (Å²) in [5, 5.41) is 0. The molecule has 0 amide bonds. The SMILES string of the molecule is CCCCOC(=O)[C@H]1CC[C@@H](C(C)C)CC1. The zero-order valence-corrected chi connectivity index (χ0v) is 11.0. The predicted octanol–water partition coefficient (Wildman–Crippen LogP) is 3.79. The molecular formula is C14H26O2. The van der Waals surface area contributed by atoms with Crippen molar-refractivity contribution in [2.75, 3.05) is 6.61 Å². The Morgan fingerprint density at radius 1 is 1.25 bits per heavy atom. The molecule has 2 nitrogen and oxygen atoms in total. The lowest BCUT2D eigenvalue weighted by Gasteiger charge is -2.29. The maximum atomic E-state index is 11.7. The highest BCUT2D eigenvalue weighted by molar-refractivity contribution is 5.72. The molecular weight excluding hydrogens is 200 g/mol. The fraction of sp³-hybridized carbons (Fsp3) is 0.929. The third-order valence-electron chi connectivity index (χ3n) is 3.79. The molecule has 94 valence electrons. The number of unbranched alkanes of at least 4 members (excludes halogenated alkanes) is 1. The first-order chi connectivity index (χ1) is 7.65. The molecule has 16 heavy (non-hydrogen) atoms. The van der Waals surface area contributed by atoms with E-state index in [9.17, 15) is 4.79 Å². The summed E-state index contributed by atoms with van der Waals surface area (Å²) in [7, 11) is 0. The molecule has 0 heterocycles. The summed E-state index contributed by atoms with van der Waals surface area (Å²) in [6, 6.07) is 0. The van der Waals surface area contributed by atoms with Crippen molar-refractivity contribution in [1.29, 1.82) is 0 Å². The number of carbonyl (C=O) groups excluding carboxylic acids is 1. The minimum absolute atomic E-state index is 0.0515. The van der Waals surface area contributed by atoms with Gasteiger partial charge in [0, 0.05) is 0 Å². The Morgan fingerprint density at radius 2 is 1.88 bits per heavy atom. The second-order valence-corrected chi connectivity index (χ2v) is 5.38. The Hall–Kier alpha value is -0.530. The summed E-state index contributed by atoms with van der Waals surface area (Å²) in [5.41, 5.74) is 0. The summed E-state index contributed by atoms with van der Waals surface area (Å²) in [6.45, 7) is 7.29. The van der Waals surface area contributed by atoms with Gasteiger partial charge in [0.05, 0.1) is 12.5 Å². The van der Waals surface area contributed by atoms with E-state index in [-0.39, 0.29) is 11.9 Å². The molecule has 2 heteroatoms. The first-order valence-corrected chi connectivity index (χ1v) is 6.81. The minimum Gasteiger partial charge on any atom is -0.465 e. The zero-order chi connectivity index (χ0) is 12.0. The highest BCUT2D eigenvalue weighted by Gasteiger charge is 2.28. The van der Waals surface area contributed by atoms with Crippen molar-refractivity contribution in [3.8, 4) is 0 Å². The first-order valence-electron chi connectivity index (χ1n) is 6.81. The van der Waals surface area contributed by atoms with Gasteiger partial charge in [-0.1, -0.05) is 27.2 Å². The largest absolute Gasteiger partial charge is 0.465 e. The molecule has 1 aliphatic carbocycles. The summed E-state index contributed by atoms with van der Waals surface area (Å²) in [6.07, 6.45) is 6.55. The molecule has 1 rings (SSSR count). The predicted molar refractivity (Wildman–Crippen MR) is 66.2 cm³/mol. The van der Waals surface area contributed by atoms with E-state index >= 15 is 0 Å². The second-order valence-electron chi connectivity index (χ2n) is 5.38. The smallest absolute Gasteiger partial charge is 0.308 e. The van der Waals surface area contributed by atoms with Crippen LogP contribution in [0.25, 0.3) is 0 Å². The summed E-state index contributed by atoms with van der Waals surface area (Å²) < 4.78 is 5.28. The molecule has 0 radical (unpaired) electrons. The van der Waals surface area contributed by atoms with E-state index in [1.165, 1.54) is 12.8 Å². The van der Waals surface area contributed by atoms with Crippen LogP contribution in [-0.2, 0) is 9.53 Å². The Labute approximate surface area is 99.8 Å². The van der Waals surface area contributed by atoms with E-state index < -0.39 is 0 Å². The van der Waals surface area contributed by atoms with Crippen LogP contribution >= 0.6 is 0 Å². The number of ether oxygens (including phenoxy) is 1. The van der Waals surface area contributed by atoms with E-state index in [1.807, 2.05) is 0 Å². The molecule has 0 saturated heterocycles. The highest BCUT2D eigenvalue weighted by atomic mass is 16.5. The van der Waals surface area contributed by atoms with Crippen molar-refractivity contribution in [2.24, 2.45) is 17.8 Å². The van der Waals surface area contributed by atoms with Crippen molar-refractivity contribution in [3.63, 3.8) is 0 Å². The van der Waals surface area contributed by atoms with Crippen LogP contribution in [0.2, 0.25) is 0 Å². The van der Waals surface area contributed by atoms with Gasteiger partial charge >= 0.3 is 5.97 Å². The highest BCUT2D eigenvalue weighted by Crippen LogP contribution is 2.33. The summed E-state index contributed by atoms with van der Waals surface area (Å²) >= 11 is 0. The van der Waals surface area contributed by atoms with Gasteiger partial charge < -0.3 is 4.74 Å². The van der Waals surface area contributed by atoms with Gasteiger partial charge in [-0.05, 0) is 43.9 Å². The molecule has 0 bridgehead atoms. The number of esters is 1.